The zero-order chi connectivity index (χ0) is 19.2. The average Bonchev–Trinajstić information content (AvgIpc) is 2.67. The summed E-state index contributed by atoms with van der Waals surface area (Å²) in [4.78, 5) is 0. The summed E-state index contributed by atoms with van der Waals surface area (Å²) in [5, 5.41) is 10.5. The molecule has 27 heavy (non-hydrogen) atoms. The van der Waals surface area contributed by atoms with E-state index in [9.17, 15) is 9.65 Å². The minimum absolute atomic E-state index is 0.286. The number of para-hydroxylation sites is 1. The van der Waals surface area contributed by atoms with Crippen molar-refractivity contribution in [3.05, 3.63) is 99.3 Å². The topological polar surface area (TPSA) is 33.0 Å². The molecule has 5 heteroatoms. The molecule has 3 rings (SSSR count). The maximum Gasteiger partial charge on any atom is 0.127 e. The summed E-state index contributed by atoms with van der Waals surface area (Å²) in [7, 11) is 0. The molecule has 2 nitrogen and oxygen atoms in total. The lowest BCUT2D eigenvalue weighted by atomic mass is 10.0. The van der Waals surface area contributed by atoms with E-state index in [2.05, 4.69) is 6.07 Å². The van der Waals surface area contributed by atoms with Gasteiger partial charge in [-0.1, -0.05) is 59.6 Å². The third kappa shape index (κ3) is 4.89. The molecule has 0 aliphatic carbocycles. The van der Waals surface area contributed by atoms with Gasteiger partial charge in [-0.05, 0) is 42.0 Å². The molecule has 3 aromatic carbocycles. The smallest absolute Gasteiger partial charge is 0.127 e. The number of hydrogen-bond donors (Lipinski definition) is 0. The van der Waals surface area contributed by atoms with E-state index in [4.69, 9.17) is 27.9 Å². The molecule has 0 spiro atoms. The molecule has 0 atom stereocenters. The second kappa shape index (κ2) is 8.73. The molecular formula is C22H14Cl2FNO. The van der Waals surface area contributed by atoms with E-state index in [0.29, 0.717) is 26.9 Å². The number of ether oxygens (including phenoxy) is 1. The van der Waals surface area contributed by atoms with Gasteiger partial charge in [-0.2, -0.15) is 5.26 Å². The lowest BCUT2D eigenvalue weighted by Crippen LogP contribution is -1.97. The lowest BCUT2D eigenvalue weighted by Gasteiger charge is -2.10. The van der Waals surface area contributed by atoms with Crippen molar-refractivity contribution in [2.75, 3.05) is 0 Å². The molecule has 0 amide bonds. The Morgan fingerprint density at radius 1 is 1.04 bits per heavy atom. The first-order chi connectivity index (χ1) is 13.1. The highest BCUT2D eigenvalue weighted by Gasteiger charge is 2.09. The highest BCUT2D eigenvalue weighted by Crippen LogP contribution is 2.30. The Morgan fingerprint density at radius 3 is 2.48 bits per heavy atom. The Balaban J connectivity index is 1.88. The van der Waals surface area contributed by atoms with Gasteiger partial charge >= 0.3 is 0 Å². The van der Waals surface area contributed by atoms with Crippen LogP contribution in [0.1, 0.15) is 16.7 Å². The Kier molecular flexibility index (Phi) is 6.13. The van der Waals surface area contributed by atoms with Gasteiger partial charge in [0.15, 0.2) is 0 Å². The first kappa shape index (κ1) is 19.0. The highest BCUT2D eigenvalue weighted by molar-refractivity contribution is 6.36. The van der Waals surface area contributed by atoms with Crippen molar-refractivity contribution in [3.63, 3.8) is 0 Å². The molecule has 0 saturated heterocycles. The molecule has 0 bridgehead atoms. The summed E-state index contributed by atoms with van der Waals surface area (Å²) in [6.45, 7) is 0.286. The van der Waals surface area contributed by atoms with Crippen LogP contribution in [0.15, 0.2) is 66.7 Å². The van der Waals surface area contributed by atoms with E-state index in [0.717, 1.165) is 11.1 Å². The predicted octanol–water partition coefficient (Wildman–Crippen LogP) is 6.78. The average molecular weight is 398 g/mol. The van der Waals surface area contributed by atoms with Gasteiger partial charge in [0.1, 0.15) is 18.2 Å². The first-order valence-corrected chi connectivity index (χ1v) is 8.86. The van der Waals surface area contributed by atoms with Crippen LogP contribution in [-0.2, 0) is 6.61 Å². The van der Waals surface area contributed by atoms with Crippen LogP contribution in [0.5, 0.6) is 5.75 Å². The van der Waals surface area contributed by atoms with E-state index >= 15 is 0 Å². The van der Waals surface area contributed by atoms with E-state index in [1.807, 2.05) is 24.3 Å². The van der Waals surface area contributed by atoms with Crippen LogP contribution >= 0.6 is 23.2 Å². The van der Waals surface area contributed by atoms with Gasteiger partial charge in [-0.25, -0.2) is 4.39 Å². The number of hydrogen-bond acceptors (Lipinski definition) is 2. The summed E-state index contributed by atoms with van der Waals surface area (Å²) in [6.07, 6.45) is 1.72. The van der Waals surface area contributed by atoms with Gasteiger partial charge in [-0.3, -0.25) is 0 Å². The maximum atomic E-state index is 13.0. The summed E-state index contributed by atoms with van der Waals surface area (Å²) in [5.74, 6) is 0.320. The standard InChI is InChI=1S/C22H14Cl2FNO/c23-18-7-10-20(21(24)12-18)17(13-26)11-16-3-1-2-4-22(16)27-14-15-5-8-19(25)9-6-15/h1-12H,14H2/b17-11+. The van der Waals surface area contributed by atoms with Crippen molar-refractivity contribution in [1.82, 2.24) is 0 Å². The Labute approximate surface area is 167 Å². The minimum Gasteiger partial charge on any atom is -0.488 e. The summed E-state index contributed by atoms with van der Waals surface area (Å²) >= 11 is 12.2. The third-order valence-electron chi connectivity index (χ3n) is 3.87. The van der Waals surface area contributed by atoms with Crippen LogP contribution < -0.4 is 4.74 Å². The quantitative estimate of drug-likeness (QED) is 0.351. The van der Waals surface area contributed by atoms with Crippen molar-refractivity contribution in [1.29, 1.82) is 5.26 Å². The molecule has 0 aliphatic rings. The van der Waals surface area contributed by atoms with Gasteiger partial charge < -0.3 is 4.74 Å². The number of allylic oxidation sites excluding steroid dienone is 1. The van der Waals surface area contributed by atoms with Crippen molar-refractivity contribution in [3.8, 4) is 11.8 Å². The number of nitrogens with zero attached hydrogens (tertiary/aromatic N) is 1. The van der Waals surface area contributed by atoms with Crippen LogP contribution in [0, 0.1) is 17.1 Å². The lowest BCUT2D eigenvalue weighted by molar-refractivity contribution is 0.305. The zero-order valence-electron chi connectivity index (χ0n) is 14.1. The van der Waals surface area contributed by atoms with Gasteiger partial charge in [-0.15, -0.1) is 0 Å². The fraction of sp³-hybridized carbons (Fsp3) is 0.0455. The van der Waals surface area contributed by atoms with E-state index in [-0.39, 0.29) is 12.4 Å². The molecule has 0 radical (unpaired) electrons. The summed E-state index contributed by atoms with van der Waals surface area (Å²) in [6, 6.07) is 20.6. The van der Waals surface area contributed by atoms with Crippen molar-refractivity contribution in [2.45, 2.75) is 6.61 Å². The Morgan fingerprint density at radius 2 is 1.78 bits per heavy atom. The fourth-order valence-electron chi connectivity index (χ4n) is 2.51. The Hall–Kier alpha value is -2.80. The van der Waals surface area contributed by atoms with Gasteiger partial charge in [0.05, 0.1) is 16.7 Å². The van der Waals surface area contributed by atoms with Crippen LogP contribution in [0.25, 0.3) is 11.6 Å². The molecule has 134 valence electrons. The number of benzene rings is 3. The Bertz CT molecular complexity index is 1020. The first-order valence-electron chi connectivity index (χ1n) is 8.10. The molecule has 0 N–H and O–H groups in total. The normalized spacial score (nSPS) is 11.1. The van der Waals surface area contributed by atoms with Gasteiger partial charge in [0.2, 0.25) is 0 Å². The van der Waals surface area contributed by atoms with Gasteiger partial charge in [0, 0.05) is 16.1 Å². The second-order valence-electron chi connectivity index (χ2n) is 5.75. The summed E-state index contributed by atoms with van der Waals surface area (Å²) in [5.41, 5.74) is 2.57. The third-order valence-corrected chi connectivity index (χ3v) is 4.42. The SMILES string of the molecule is N#C/C(=C\c1ccccc1OCc1ccc(F)cc1)c1ccc(Cl)cc1Cl. The van der Waals surface area contributed by atoms with Crippen molar-refractivity contribution < 1.29 is 9.13 Å². The molecule has 0 fully saturated rings. The molecular weight excluding hydrogens is 384 g/mol. The predicted molar refractivity (Wildman–Crippen MR) is 107 cm³/mol. The molecule has 0 aromatic heterocycles. The largest absolute Gasteiger partial charge is 0.488 e. The molecule has 3 aromatic rings. The number of nitriles is 1. The number of rotatable bonds is 5. The molecule has 0 saturated carbocycles. The second-order valence-corrected chi connectivity index (χ2v) is 6.59. The molecule has 0 heterocycles. The van der Waals surface area contributed by atoms with Crippen molar-refractivity contribution >= 4 is 34.9 Å². The minimum atomic E-state index is -0.291. The van der Waals surface area contributed by atoms with E-state index in [1.165, 1.54) is 12.1 Å². The van der Waals surface area contributed by atoms with Crippen LogP contribution in [-0.4, -0.2) is 0 Å². The molecule has 0 aliphatic heterocycles. The van der Waals surface area contributed by atoms with Crippen molar-refractivity contribution in [2.24, 2.45) is 0 Å². The van der Waals surface area contributed by atoms with Crippen LogP contribution in [0.4, 0.5) is 4.39 Å². The zero-order valence-corrected chi connectivity index (χ0v) is 15.6. The number of halogens is 3. The summed E-state index contributed by atoms with van der Waals surface area (Å²) < 4.78 is 18.9. The fourth-order valence-corrected chi connectivity index (χ4v) is 3.02. The monoisotopic (exact) mass is 397 g/mol. The maximum absolute atomic E-state index is 13.0. The highest BCUT2D eigenvalue weighted by atomic mass is 35.5. The van der Waals surface area contributed by atoms with Gasteiger partial charge in [0.25, 0.3) is 0 Å². The van der Waals surface area contributed by atoms with Crippen LogP contribution in [0.3, 0.4) is 0 Å². The van der Waals surface area contributed by atoms with E-state index in [1.54, 1.807) is 36.4 Å². The van der Waals surface area contributed by atoms with E-state index < -0.39 is 0 Å². The molecule has 0 unspecified atom stereocenters. The van der Waals surface area contributed by atoms with Crippen LogP contribution in [0.2, 0.25) is 10.0 Å².